The Labute approximate surface area is 111 Å². The van der Waals surface area contributed by atoms with E-state index in [-0.39, 0.29) is 11.7 Å². The fourth-order valence-corrected chi connectivity index (χ4v) is 1.83. The number of carbonyl (C=O) groups excluding carboxylic acids is 1. The van der Waals surface area contributed by atoms with E-state index in [1.165, 1.54) is 37.6 Å². The number of hydrogen-bond donors (Lipinski definition) is 1. The van der Waals surface area contributed by atoms with Gasteiger partial charge in [0.15, 0.2) is 4.67 Å². The minimum Gasteiger partial charge on any atom is -0.494 e. The molecule has 2 aromatic rings. The van der Waals surface area contributed by atoms with Crippen molar-refractivity contribution >= 4 is 27.5 Å². The van der Waals surface area contributed by atoms with Crippen LogP contribution >= 0.6 is 15.9 Å². The highest BCUT2D eigenvalue weighted by molar-refractivity contribution is 9.10. The highest BCUT2D eigenvalue weighted by atomic mass is 79.9. The second-order valence-electron chi connectivity index (χ2n) is 3.41. The van der Waals surface area contributed by atoms with Gasteiger partial charge in [-0.15, -0.1) is 0 Å². The molecule has 94 valence electrons. The Morgan fingerprint density at radius 3 is 2.83 bits per heavy atom. The number of methoxy groups -OCH3 is 1. The van der Waals surface area contributed by atoms with E-state index in [0.29, 0.717) is 15.9 Å². The maximum Gasteiger partial charge on any atom is 0.260 e. The molecule has 1 N–H and O–H groups in total. The standard InChI is InChI=1S/C12H9BrFNO3/c1-17-10-6-7(14)2-3-9(10)15-12(16)8-4-5-18-11(8)13/h2-6H,1H3,(H,15,16). The molecular formula is C12H9BrFNO3. The summed E-state index contributed by atoms with van der Waals surface area (Å²) in [5.74, 6) is -0.558. The summed E-state index contributed by atoms with van der Waals surface area (Å²) in [5, 5.41) is 2.61. The molecule has 0 radical (unpaired) electrons. The van der Waals surface area contributed by atoms with E-state index in [0.717, 1.165) is 0 Å². The van der Waals surface area contributed by atoms with Gasteiger partial charge in [0.2, 0.25) is 0 Å². The average molecular weight is 314 g/mol. The lowest BCUT2D eigenvalue weighted by Gasteiger charge is -2.09. The number of nitrogens with one attached hydrogen (secondary N) is 1. The smallest absolute Gasteiger partial charge is 0.260 e. The van der Waals surface area contributed by atoms with Crippen molar-refractivity contribution in [2.45, 2.75) is 0 Å². The Morgan fingerprint density at radius 2 is 2.22 bits per heavy atom. The molecule has 0 fully saturated rings. The van der Waals surface area contributed by atoms with Crippen LogP contribution in [0.2, 0.25) is 0 Å². The third-order valence-corrected chi connectivity index (χ3v) is 2.89. The summed E-state index contributed by atoms with van der Waals surface area (Å²) in [6, 6.07) is 5.39. The van der Waals surface area contributed by atoms with Crippen LogP contribution in [0.4, 0.5) is 10.1 Å². The molecule has 0 aliphatic heterocycles. The number of hydrogen-bond acceptors (Lipinski definition) is 3. The van der Waals surface area contributed by atoms with Crippen molar-refractivity contribution < 1.29 is 18.3 Å². The number of amides is 1. The van der Waals surface area contributed by atoms with E-state index in [4.69, 9.17) is 9.15 Å². The molecule has 1 aromatic carbocycles. The van der Waals surface area contributed by atoms with Gasteiger partial charge in [0, 0.05) is 6.07 Å². The second kappa shape index (κ2) is 5.22. The van der Waals surface area contributed by atoms with Crippen molar-refractivity contribution in [3.05, 3.63) is 46.6 Å². The van der Waals surface area contributed by atoms with Crippen LogP contribution in [0.15, 0.2) is 39.6 Å². The van der Waals surface area contributed by atoms with Crippen LogP contribution in [-0.2, 0) is 0 Å². The lowest BCUT2D eigenvalue weighted by molar-refractivity contribution is 0.102. The molecule has 0 aliphatic rings. The first-order valence-corrected chi connectivity index (χ1v) is 5.79. The zero-order valence-corrected chi connectivity index (χ0v) is 11.0. The Bertz CT molecular complexity index is 582. The normalized spacial score (nSPS) is 10.2. The molecule has 6 heteroatoms. The van der Waals surface area contributed by atoms with Crippen LogP contribution in [0.1, 0.15) is 10.4 Å². The van der Waals surface area contributed by atoms with E-state index in [1.54, 1.807) is 0 Å². The average Bonchev–Trinajstić information content (AvgIpc) is 2.77. The Hall–Kier alpha value is -1.82. The number of rotatable bonds is 3. The van der Waals surface area contributed by atoms with Gasteiger partial charge in [-0.1, -0.05) is 0 Å². The van der Waals surface area contributed by atoms with Crippen molar-refractivity contribution in [1.29, 1.82) is 0 Å². The van der Waals surface area contributed by atoms with Crippen LogP contribution in [0.3, 0.4) is 0 Å². The maximum absolute atomic E-state index is 13.0. The van der Waals surface area contributed by atoms with Gasteiger partial charge in [0.1, 0.15) is 11.6 Å². The van der Waals surface area contributed by atoms with Gasteiger partial charge in [-0.3, -0.25) is 4.79 Å². The minimum absolute atomic E-state index is 0.253. The first kappa shape index (κ1) is 12.6. The molecule has 1 heterocycles. The number of benzene rings is 1. The molecule has 0 saturated carbocycles. The summed E-state index contributed by atoms with van der Waals surface area (Å²) >= 11 is 3.11. The van der Waals surface area contributed by atoms with Gasteiger partial charge in [0.05, 0.1) is 24.6 Å². The van der Waals surface area contributed by atoms with Gasteiger partial charge in [-0.05, 0) is 34.1 Å². The fourth-order valence-electron chi connectivity index (χ4n) is 1.41. The zero-order valence-electron chi connectivity index (χ0n) is 9.37. The predicted octanol–water partition coefficient (Wildman–Crippen LogP) is 3.44. The van der Waals surface area contributed by atoms with Gasteiger partial charge in [-0.2, -0.15) is 0 Å². The third-order valence-electron chi connectivity index (χ3n) is 2.27. The number of anilines is 1. The minimum atomic E-state index is -0.436. The molecule has 4 nitrogen and oxygen atoms in total. The van der Waals surface area contributed by atoms with Gasteiger partial charge in [-0.25, -0.2) is 4.39 Å². The molecule has 0 unspecified atom stereocenters. The Kier molecular flexibility index (Phi) is 3.66. The maximum atomic E-state index is 13.0. The van der Waals surface area contributed by atoms with Crippen LogP contribution in [-0.4, -0.2) is 13.0 Å². The van der Waals surface area contributed by atoms with Gasteiger partial charge < -0.3 is 14.5 Å². The Balaban J connectivity index is 2.24. The van der Waals surface area contributed by atoms with Gasteiger partial charge >= 0.3 is 0 Å². The number of halogens is 2. The molecule has 2 rings (SSSR count). The highest BCUT2D eigenvalue weighted by Crippen LogP contribution is 2.26. The van der Waals surface area contributed by atoms with Crippen molar-refractivity contribution in [2.24, 2.45) is 0 Å². The molecule has 0 atom stereocenters. The number of furan rings is 1. The lowest BCUT2D eigenvalue weighted by atomic mass is 10.2. The topological polar surface area (TPSA) is 51.5 Å². The second-order valence-corrected chi connectivity index (χ2v) is 4.13. The number of ether oxygens (including phenoxy) is 1. The van der Waals surface area contributed by atoms with E-state index in [2.05, 4.69) is 21.2 Å². The summed E-state index contributed by atoms with van der Waals surface area (Å²) in [5.41, 5.74) is 0.735. The molecule has 1 aromatic heterocycles. The summed E-state index contributed by atoms with van der Waals surface area (Å²) in [6.45, 7) is 0. The van der Waals surface area contributed by atoms with E-state index in [1.807, 2.05) is 0 Å². The molecule has 0 bridgehead atoms. The lowest BCUT2D eigenvalue weighted by Crippen LogP contribution is -2.12. The largest absolute Gasteiger partial charge is 0.494 e. The predicted molar refractivity (Wildman–Crippen MR) is 67.3 cm³/mol. The van der Waals surface area contributed by atoms with Crippen LogP contribution < -0.4 is 10.1 Å². The molecular weight excluding hydrogens is 305 g/mol. The fraction of sp³-hybridized carbons (Fsp3) is 0.0833. The van der Waals surface area contributed by atoms with E-state index in [9.17, 15) is 9.18 Å². The monoisotopic (exact) mass is 313 g/mol. The third kappa shape index (κ3) is 2.53. The molecule has 0 aliphatic carbocycles. The summed E-state index contributed by atoms with van der Waals surface area (Å²) in [4.78, 5) is 11.9. The van der Waals surface area contributed by atoms with Gasteiger partial charge in [0.25, 0.3) is 5.91 Å². The summed E-state index contributed by atoms with van der Waals surface area (Å²) in [7, 11) is 1.40. The highest BCUT2D eigenvalue weighted by Gasteiger charge is 2.15. The first-order valence-electron chi connectivity index (χ1n) is 4.99. The summed E-state index contributed by atoms with van der Waals surface area (Å²) < 4.78 is 23.3. The summed E-state index contributed by atoms with van der Waals surface area (Å²) in [6.07, 6.45) is 1.39. The van der Waals surface area contributed by atoms with Crippen molar-refractivity contribution in [2.75, 3.05) is 12.4 Å². The molecule has 18 heavy (non-hydrogen) atoms. The van der Waals surface area contributed by atoms with Crippen LogP contribution in [0, 0.1) is 5.82 Å². The molecule has 0 saturated heterocycles. The van der Waals surface area contributed by atoms with Crippen molar-refractivity contribution in [3.8, 4) is 5.75 Å². The SMILES string of the molecule is COc1cc(F)ccc1NC(=O)c1ccoc1Br. The van der Waals surface area contributed by atoms with E-state index >= 15 is 0 Å². The van der Waals surface area contributed by atoms with Crippen LogP contribution in [0.5, 0.6) is 5.75 Å². The van der Waals surface area contributed by atoms with Crippen molar-refractivity contribution in [1.82, 2.24) is 0 Å². The molecule has 0 spiro atoms. The zero-order chi connectivity index (χ0) is 13.1. The van der Waals surface area contributed by atoms with Crippen LogP contribution in [0.25, 0.3) is 0 Å². The van der Waals surface area contributed by atoms with Crippen molar-refractivity contribution in [3.63, 3.8) is 0 Å². The Morgan fingerprint density at radius 1 is 1.44 bits per heavy atom. The van der Waals surface area contributed by atoms with E-state index < -0.39 is 5.82 Å². The molecule has 1 amide bonds. The first-order chi connectivity index (χ1) is 8.61. The number of carbonyl (C=O) groups is 1. The quantitative estimate of drug-likeness (QED) is 0.944.